The highest BCUT2D eigenvalue weighted by Crippen LogP contribution is 2.50. The van der Waals surface area contributed by atoms with Crippen molar-refractivity contribution in [1.29, 1.82) is 0 Å². The molecule has 5 rings (SSSR count). The van der Waals surface area contributed by atoms with E-state index in [1.54, 1.807) is 20.4 Å². The molecule has 8 nitrogen and oxygen atoms in total. The summed E-state index contributed by atoms with van der Waals surface area (Å²) in [6.45, 7) is 7.49. The van der Waals surface area contributed by atoms with E-state index in [1.165, 1.54) is 0 Å². The minimum Gasteiger partial charge on any atom is -0.493 e. The number of hydrogen-bond donors (Lipinski definition) is 1. The number of carbonyl (C=O) groups is 1. The summed E-state index contributed by atoms with van der Waals surface area (Å²) in [4.78, 5) is 20.3. The van der Waals surface area contributed by atoms with Gasteiger partial charge in [-0.2, -0.15) is 4.84 Å². The maximum absolute atomic E-state index is 13.5. The van der Waals surface area contributed by atoms with E-state index in [4.69, 9.17) is 23.8 Å². The van der Waals surface area contributed by atoms with Gasteiger partial charge in [-0.1, -0.05) is 73.7 Å². The second-order valence-electron chi connectivity index (χ2n) is 13.2. The number of nitrogens with zero attached hydrogens (tertiary/aromatic N) is 1. The molecule has 3 aromatic rings. The van der Waals surface area contributed by atoms with Crippen LogP contribution in [0, 0.1) is 10.8 Å². The molecule has 2 aliphatic rings. The quantitative estimate of drug-likeness (QED) is 0.196. The average Bonchev–Trinajstić information content (AvgIpc) is 3.47. The van der Waals surface area contributed by atoms with E-state index in [9.17, 15) is 10.0 Å². The van der Waals surface area contributed by atoms with Crippen LogP contribution >= 0.6 is 0 Å². The molecule has 4 unspecified atom stereocenters. The third kappa shape index (κ3) is 6.39. The fourth-order valence-electron chi connectivity index (χ4n) is 6.87. The molecule has 1 fully saturated rings. The number of hydrogen-bond acceptors (Lipinski definition) is 7. The number of methoxy groups -OCH3 is 2. The smallest absolute Gasteiger partial charge is 0.314 e. The van der Waals surface area contributed by atoms with Gasteiger partial charge in [0.25, 0.3) is 6.21 Å². The summed E-state index contributed by atoms with van der Waals surface area (Å²) in [5, 5.41) is 11.0. The average molecular weight is 617 g/mol. The Labute approximate surface area is 266 Å². The van der Waals surface area contributed by atoms with Crippen LogP contribution < -0.4 is 9.47 Å². The summed E-state index contributed by atoms with van der Waals surface area (Å²) in [5.41, 5.74) is 1.12. The zero-order valence-electron chi connectivity index (χ0n) is 27.2. The Bertz CT molecular complexity index is 1440. The number of benzene rings is 3. The van der Waals surface area contributed by atoms with Crippen LogP contribution in [0.1, 0.15) is 70.1 Å². The lowest BCUT2D eigenvalue weighted by Crippen LogP contribution is -2.58. The van der Waals surface area contributed by atoms with E-state index >= 15 is 0 Å². The van der Waals surface area contributed by atoms with Crippen LogP contribution in [0.4, 0.5) is 0 Å². The summed E-state index contributed by atoms with van der Waals surface area (Å²) in [6, 6.07) is 26.5. The topological polar surface area (TPSA) is 86.5 Å². The highest BCUT2D eigenvalue weighted by atomic mass is 16.9. The molecule has 8 heteroatoms. The van der Waals surface area contributed by atoms with Gasteiger partial charge in [0, 0.05) is 5.41 Å². The number of rotatable bonds is 10. The minimum absolute atomic E-state index is 0.315. The van der Waals surface area contributed by atoms with Gasteiger partial charge in [-0.25, -0.2) is 5.21 Å². The molecule has 45 heavy (non-hydrogen) atoms. The van der Waals surface area contributed by atoms with Crippen molar-refractivity contribution in [2.45, 2.75) is 83.7 Å². The Morgan fingerprint density at radius 3 is 2.13 bits per heavy atom. The first-order chi connectivity index (χ1) is 21.6. The molecule has 3 aromatic carbocycles. The maximum Gasteiger partial charge on any atom is 0.314 e. The van der Waals surface area contributed by atoms with Crippen molar-refractivity contribution in [3.05, 3.63) is 95.6 Å². The van der Waals surface area contributed by atoms with Crippen LogP contribution in [-0.4, -0.2) is 55.0 Å². The molecular formula is C37H46NO7+. The first kappa shape index (κ1) is 32.4. The van der Waals surface area contributed by atoms with Crippen LogP contribution in [0.2, 0.25) is 0 Å². The Balaban J connectivity index is 1.58. The van der Waals surface area contributed by atoms with Crippen molar-refractivity contribution >= 4 is 12.2 Å². The molecule has 0 saturated heterocycles. The van der Waals surface area contributed by atoms with E-state index in [0.29, 0.717) is 24.3 Å². The first-order valence-corrected chi connectivity index (χ1v) is 15.8. The SMILES string of the molecule is CCC1(Cc2ccc(OC)c(OC)c2)C=[N+](O)OC(OC2CCCC2(c2ccccc2)c2ccccc2)C1OC(=O)C(C)(C)C. The monoisotopic (exact) mass is 616 g/mol. The molecule has 1 N–H and O–H groups in total. The zero-order chi connectivity index (χ0) is 32.2. The minimum atomic E-state index is -1.08. The third-order valence-electron chi connectivity index (χ3n) is 9.34. The zero-order valence-corrected chi connectivity index (χ0v) is 27.2. The van der Waals surface area contributed by atoms with Crippen molar-refractivity contribution in [3.63, 3.8) is 0 Å². The van der Waals surface area contributed by atoms with Gasteiger partial charge in [0.2, 0.25) is 0 Å². The van der Waals surface area contributed by atoms with Crippen LogP contribution in [-0.2, 0) is 30.9 Å². The van der Waals surface area contributed by atoms with Crippen LogP contribution in [0.5, 0.6) is 11.5 Å². The van der Waals surface area contributed by atoms with Crippen LogP contribution in [0.15, 0.2) is 78.9 Å². The molecule has 1 aliphatic heterocycles. The predicted octanol–water partition coefficient (Wildman–Crippen LogP) is 6.90. The molecule has 1 heterocycles. The second-order valence-corrected chi connectivity index (χ2v) is 13.2. The summed E-state index contributed by atoms with van der Waals surface area (Å²) in [6.07, 6.45) is 2.86. The van der Waals surface area contributed by atoms with Gasteiger partial charge in [0.15, 0.2) is 22.5 Å². The molecule has 240 valence electrons. The second kappa shape index (κ2) is 13.1. The Hall–Kier alpha value is -4.04. The van der Waals surface area contributed by atoms with Crippen LogP contribution in [0.25, 0.3) is 0 Å². The lowest BCUT2D eigenvalue weighted by molar-refractivity contribution is -0.978. The van der Waals surface area contributed by atoms with Gasteiger partial charge in [0.05, 0.1) is 25.7 Å². The molecule has 0 spiro atoms. The summed E-state index contributed by atoms with van der Waals surface area (Å²) in [7, 11) is 3.19. The van der Waals surface area contributed by atoms with E-state index in [0.717, 1.165) is 40.9 Å². The van der Waals surface area contributed by atoms with Gasteiger partial charge >= 0.3 is 12.3 Å². The lowest BCUT2D eigenvalue weighted by atomic mass is 9.71. The normalized spacial score (nSPS) is 24.3. The largest absolute Gasteiger partial charge is 0.493 e. The Morgan fingerprint density at radius 1 is 0.956 bits per heavy atom. The van der Waals surface area contributed by atoms with Crippen molar-refractivity contribution in [2.24, 2.45) is 10.8 Å². The summed E-state index contributed by atoms with van der Waals surface area (Å²) >= 11 is 0. The Kier molecular flexibility index (Phi) is 9.44. The fourth-order valence-corrected chi connectivity index (χ4v) is 6.87. The molecule has 0 aromatic heterocycles. The van der Waals surface area contributed by atoms with Crippen LogP contribution in [0.3, 0.4) is 0 Å². The first-order valence-electron chi connectivity index (χ1n) is 15.8. The number of ether oxygens (including phenoxy) is 4. The van der Waals surface area contributed by atoms with Gasteiger partial charge in [-0.15, -0.1) is 0 Å². The van der Waals surface area contributed by atoms with Gasteiger partial charge in [-0.05, 0) is 81.7 Å². The lowest BCUT2D eigenvalue weighted by Gasteiger charge is -2.43. The van der Waals surface area contributed by atoms with E-state index in [1.807, 2.05) is 58.0 Å². The van der Waals surface area contributed by atoms with Gasteiger partial charge in [0.1, 0.15) is 5.41 Å². The highest BCUT2D eigenvalue weighted by molar-refractivity contribution is 5.76. The summed E-state index contributed by atoms with van der Waals surface area (Å²) in [5.74, 6) is 0.827. The van der Waals surface area contributed by atoms with Gasteiger partial charge in [-0.3, -0.25) is 4.79 Å². The van der Waals surface area contributed by atoms with Crippen molar-refractivity contribution in [2.75, 3.05) is 14.2 Å². The summed E-state index contributed by atoms with van der Waals surface area (Å²) < 4.78 is 24.4. The van der Waals surface area contributed by atoms with Crippen molar-refractivity contribution < 1.29 is 38.7 Å². The molecule has 0 bridgehead atoms. The van der Waals surface area contributed by atoms with Gasteiger partial charge < -0.3 is 18.9 Å². The standard InChI is InChI=1S/C37H46NO7/c1-7-36(24-26-20-21-29(41-5)30(23-26)42-6)25-38(40)45-33(32(36)44-34(39)35(2,3)4)43-31-19-14-22-37(31,27-15-10-8-11-16-27)28-17-12-9-13-18-28/h8-13,15-18,20-21,23,25,31-33,40H,7,14,19,22,24H2,1-6H3/q+1. The van der Waals surface area contributed by atoms with Crippen molar-refractivity contribution in [3.8, 4) is 11.5 Å². The predicted molar refractivity (Wildman–Crippen MR) is 171 cm³/mol. The number of esters is 1. The molecule has 1 saturated carbocycles. The Morgan fingerprint density at radius 2 is 1.58 bits per heavy atom. The van der Waals surface area contributed by atoms with E-state index < -0.39 is 28.6 Å². The maximum atomic E-state index is 13.5. The van der Waals surface area contributed by atoms with Crippen molar-refractivity contribution in [1.82, 2.24) is 0 Å². The molecule has 4 atom stereocenters. The molecule has 1 aliphatic carbocycles. The van der Waals surface area contributed by atoms with E-state index in [2.05, 4.69) is 48.5 Å². The third-order valence-corrected chi connectivity index (χ3v) is 9.34. The highest BCUT2D eigenvalue weighted by Gasteiger charge is 2.58. The molecular weight excluding hydrogens is 570 g/mol. The molecule has 0 amide bonds. The fraction of sp³-hybridized carbons (Fsp3) is 0.459. The molecule has 0 radical (unpaired) electrons. The number of carbonyl (C=O) groups excluding carboxylic acids is 1. The van der Waals surface area contributed by atoms with E-state index in [-0.39, 0.29) is 12.1 Å².